The standard InChI is InChI=1S/C11H13ClF3NO3S/c1-7(5-12)6-20(17,18)16-8-2-3-10(9(13)4-8)19-11(14)15/h2-4,7,11,16H,5-6H2,1H3. The molecule has 114 valence electrons. The van der Waals surface area contributed by atoms with Gasteiger partial charge in [-0.15, -0.1) is 11.6 Å². The van der Waals surface area contributed by atoms with Gasteiger partial charge in [0.1, 0.15) is 0 Å². The molecule has 0 heterocycles. The number of nitrogens with one attached hydrogen (secondary N) is 1. The Balaban J connectivity index is 2.81. The number of alkyl halides is 3. The van der Waals surface area contributed by atoms with Crippen molar-refractivity contribution in [3.05, 3.63) is 24.0 Å². The first-order chi connectivity index (χ1) is 9.23. The summed E-state index contributed by atoms with van der Waals surface area (Å²) >= 11 is 5.52. The molecular formula is C11H13ClF3NO3S. The molecule has 1 aromatic rings. The van der Waals surface area contributed by atoms with Crippen LogP contribution in [0, 0.1) is 11.7 Å². The lowest BCUT2D eigenvalue weighted by atomic mass is 10.3. The van der Waals surface area contributed by atoms with Crippen molar-refractivity contribution in [1.29, 1.82) is 0 Å². The molecule has 0 saturated heterocycles. The molecule has 1 unspecified atom stereocenters. The molecule has 0 aromatic heterocycles. The zero-order chi connectivity index (χ0) is 15.3. The lowest BCUT2D eigenvalue weighted by Gasteiger charge is -2.12. The Bertz CT molecular complexity index is 554. The average molecular weight is 332 g/mol. The van der Waals surface area contributed by atoms with Crippen molar-refractivity contribution in [2.45, 2.75) is 13.5 Å². The molecule has 0 spiro atoms. The van der Waals surface area contributed by atoms with E-state index < -0.39 is 28.2 Å². The maximum atomic E-state index is 13.4. The van der Waals surface area contributed by atoms with Crippen LogP contribution in [-0.4, -0.2) is 26.7 Å². The topological polar surface area (TPSA) is 55.4 Å². The van der Waals surface area contributed by atoms with E-state index in [-0.39, 0.29) is 23.2 Å². The minimum Gasteiger partial charge on any atom is -0.432 e. The van der Waals surface area contributed by atoms with E-state index in [0.29, 0.717) is 0 Å². The smallest absolute Gasteiger partial charge is 0.387 e. The Morgan fingerprint density at radius 1 is 1.40 bits per heavy atom. The molecule has 0 amide bonds. The van der Waals surface area contributed by atoms with E-state index in [1.165, 1.54) is 0 Å². The van der Waals surface area contributed by atoms with Crippen LogP contribution in [-0.2, 0) is 10.0 Å². The van der Waals surface area contributed by atoms with Crippen molar-refractivity contribution in [2.24, 2.45) is 5.92 Å². The van der Waals surface area contributed by atoms with E-state index in [1.54, 1.807) is 6.92 Å². The summed E-state index contributed by atoms with van der Waals surface area (Å²) in [7, 11) is -3.69. The molecule has 0 saturated carbocycles. The largest absolute Gasteiger partial charge is 0.432 e. The van der Waals surface area contributed by atoms with Crippen LogP contribution < -0.4 is 9.46 Å². The molecule has 4 nitrogen and oxygen atoms in total. The van der Waals surface area contributed by atoms with Crippen LogP contribution in [0.1, 0.15) is 6.92 Å². The molecular weight excluding hydrogens is 319 g/mol. The number of sulfonamides is 1. The van der Waals surface area contributed by atoms with Gasteiger partial charge in [0.2, 0.25) is 10.0 Å². The van der Waals surface area contributed by atoms with E-state index in [2.05, 4.69) is 9.46 Å². The van der Waals surface area contributed by atoms with Gasteiger partial charge in [0.05, 0.1) is 11.4 Å². The summed E-state index contributed by atoms with van der Waals surface area (Å²) in [6.07, 6.45) is 0. The molecule has 0 aliphatic carbocycles. The van der Waals surface area contributed by atoms with Gasteiger partial charge in [0.15, 0.2) is 11.6 Å². The zero-order valence-electron chi connectivity index (χ0n) is 10.4. The van der Waals surface area contributed by atoms with Crippen molar-refractivity contribution >= 4 is 27.3 Å². The summed E-state index contributed by atoms with van der Waals surface area (Å²) in [4.78, 5) is 0. The van der Waals surface area contributed by atoms with Gasteiger partial charge in [0, 0.05) is 11.9 Å². The fourth-order valence-electron chi connectivity index (χ4n) is 1.40. The molecule has 1 atom stereocenters. The second kappa shape index (κ2) is 7.03. The van der Waals surface area contributed by atoms with E-state index in [1.807, 2.05) is 0 Å². The molecule has 1 rings (SSSR count). The van der Waals surface area contributed by atoms with Gasteiger partial charge < -0.3 is 4.74 Å². The third-order valence-corrected chi connectivity index (χ3v) is 4.27. The molecule has 0 aliphatic heterocycles. The van der Waals surface area contributed by atoms with Gasteiger partial charge >= 0.3 is 6.61 Å². The van der Waals surface area contributed by atoms with Gasteiger partial charge in [-0.05, 0) is 18.1 Å². The minimum absolute atomic E-state index is 0.0779. The highest BCUT2D eigenvalue weighted by Gasteiger charge is 2.17. The lowest BCUT2D eigenvalue weighted by Crippen LogP contribution is -2.22. The second-order valence-corrected chi connectivity index (χ2v) is 6.24. The summed E-state index contributed by atoms with van der Waals surface area (Å²) in [5.74, 6) is -2.09. The summed E-state index contributed by atoms with van der Waals surface area (Å²) in [6, 6.07) is 2.81. The fraction of sp³-hybridized carbons (Fsp3) is 0.455. The molecule has 20 heavy (non-hydrogen) atoms. The first-order valence-electron chi connectivity index (χ1n) is 5.54. The predicted octanol–water partition coefficient (Wildman–Crippen LogP) is 3.04. The fourth-order valence-corrected chi connectivity index (χ4v) is 3.07. The quantitative estimate of drug-likeness (QED) is 0.781. The Kier molecular flexibility index (Phi) is 5.94. The van der Waals surface area contributed by atoms with Crippen LogP contribution in [0.3, 0.4) is 0 Å². The number of anilines is 1. The summed E-state index contributed by atoms with van der Waals surface area (Å²) in [5.41, 5.74) is -0.0779. The van der Waals surface area contributed by atoms with E-state index in [4.69, 9.17) is 11.6 Å². The van der Waals surface area contributed by atoms with Crippen LogP contribution in [0.4, 0.5) is 18.9 Å². The number of halogens is 4. The van der Waals surface area contributed by atoms with E-state index >= 15 is 0 Å². The van der Waals surface area contributed by atoms with Crippen LogP contribution in [0.2, 0.25) is 0 Å². The van der Waals surface area contributed by atoms with Crippen LogP contribution >= 0.6 is 11.6 Å². The Labute approximate surface area is 119 Å². The van der Waals surface area contributed by atoms with Gasteiger partial charge in [-0.2, -0.15) is 8.78 Å². The Morgan fingerprint density at radius 3 is 2.55 bits per heavy atom. The highest BCUT2D eigenvalue weighted by molar-refractivity contribution is 7.92. The van der Waals surface area contributed by atoms with Crippen LogP contribution in [0.15, 0.2) is 18.2 Å². The number of ether oxygens (including phenoxy) is 1. The SMILES string of the molecule is CC(CCl)CS(=O)(=O)Nc1ccc(OC(F)F)c(F)c1. The highest BCUT2D eigenvalue weighted by atomic mass is 35.5. The van der Waals surface area contributed by atoms with Crippen LogP contribution in [0.25, 0.3) is 0 Å². The van der Waals surface area contributed by atoms with Gasteiger partial charge in [-0.1, -0.05) is 6.92 Å². The van der Waals surface area contributed by atoms with Crippen molar-refractivity contribution < 1.29 is 26.3 Å². The maximum absolute atomic E-state index is 13.4. The normalized spacial score (nSPS) is 13.3. The Hall–Kier alpha value is -1.15. The number of hydrogen-bond acceptors (Lipinski definition) is 3. The number of rotatable bonds is 7. The number of hydrogen-bond donors (Lipinski definition) is 1. The first-order valence-corrected chi connectivity index (χ1v) is 7.73. The first kappa shape index (κ1) is 16.9. The third-order valence-electron chi connectivity index (χ3n) is 2.19. The average Bonchev–Trinajstić information content (AvgIpc) is 2.31. The van der Waals surface area contributed by atoms with Crippen molar-refractivity contribution in [3.8, 4) is 5.75 Å². The number of benzene rings is 1. The van der Waals surface area contributed by atoms with Crippen molar-refractivity contribution in [1.82, 2.24) is 0 Å². The maximum Gasteiger partial charge on any atom is 0.387 e. The zero-order valence-corrected chi connectivity index (χ0v) is 12.0. The van der Waals surface area contributed by atoms with Crippen molar-refractivity contribution in [3.63, 3.8) is 0 Å². The summed E-state index contributed by atoms with van der Waals surface area (Å²) in [5, 5.41) is 0. The second-order valence-electron chi connectivity index (χ2n) is 4.17. The molecule has 0 fully saturated rings. The highest BCUT2D eigenvalue weighted by Crippen LogP contribution is 2.23. The van der Waals surface area contributed by atoms with E-state index in [0.717, 1.165) is 18.2 Å². The summed E-state index contributed by atoms with van der Waals surface area (Å²) < 4.78 is 66.7. The lowest BCUT2D eigenvalue weighted by molar-refractivity contribution is -0.0521. The minimum atomic E-state index is -3.69. The van der Waals surface area contributed by atoms with E-state index in [9.17, 15) is 21.6 Å². The molecule has 9 heteroatoms. The van der Waals surface area contributed by atoms with Crippen molar-refractivity contribution in [2.75, 3.05) is 16.4 Å². The molecule has 0 aliphatic rings. The Morgan fingerprint density at radius 2 is 2.05 bits per heavy atom. The van der Waals surface area contributed by atoms with Gasteiger partial charge in [0.25, 0.3) is 0 Å². The molecule has 1 N–H and O–H groups in total. The molecule has 0 radical (unpaired) electrons. The van der Waals surface area contributed by atoms with Crippen LogP contribution in [0.5, 0.6) is 5.75 Å². The third kappa shape index (κ3) is 5.46. The van der Waals surface area contributed by atoms with Gasteiger partial charge in [-0.3, -0.25) is 4.72 Å². The molecule has 0 bridgehead atoms. The van der Waals surface area contributed by atoms with Gasteiger partial charge in [-0.25, -0.2) is 12.8 Å². The molecule has 1 aromatic carbocycles. The monoisotopic (exact) mass is 331 g/mol. The summed E-state index contributed by atoms with van der Waals surface area (Å²) in [6.45, 7) is -1.51. The predicted molar refractivity (Wildman–Crippen MR) is 70.3 cm³/mol.